The molecule has 0 radical (unpaired) electrons. The molecule has 2 fully saturated rings. The van der Waals surface area contributed by atoms with Crippen LogP contribution in [0.15, 0.2) is 24.3 Å². The van der Waals surface area contributed by atoms with Crippen molar-refractivity contribution in [2.24, 2.45) is 0 Å². The van der Waals surface area contributed by atoms with Crippen LogP contribution in [-0.4, -0.2) is 59.9 Å². The second-order valence-electron chi connectivity index (χ2n) is 7.53. The van der Waals surface area contributed by atoms with Gasteiger partial charge in [-0.05, 0) is 50.3 Å². The number of anilines is 1. The molecule has 0 aromatic heterocycles. The molecule has 0 bridgehead atoms. The van der Waals surface area contributed by atoms with Gasteiger partial charge in [-0.15, -0.1) is 0 Å². The molecule has 5 nitrogen and oxygen atoms in total. The molecule has 2 atom stereocenters. The third-order valence-electron chi connectivity index (χ3n) is 6.09. The standard InChI is InChI=1S/C20H27N3O2/c1-15(24)22-12-5-9-19(22)18-8-4-11-21(18)14-20(25)23-13-10-16-6-2-3-7-17(16)23/h2-3,6-7,18-19H,4-5,8-14H2,1H3/t18-,19+/m1/s1. The van der Waals surface area contributed by atoms with Crippen molar-refractivity contribution in [1.29, 1.82) is 0 Å². The second-order valence-corrected chi connectivity index (χ2v) is 7.53. The summed E-state index contributed by atoms with van der Waals surface area (Å²) >= 11 is 0. The quantitative estimate of drug-likeness (QED) is 0.845. The number of amides is 2. The monoisotopic (exact) mass is 341 g/mol. The maximum absolute atomic E-state index is 12.9. The van der Waals surface area contributed by atoms with Gasteiger partial charge in [-0.25, -0.2) is 0 Å². The Morgan fingerprint density at radius 2 is 1.80 bits per heavy atom. The Morgan fingerprint density at radius 3 is 2.64 bits per heavy atom. The Labute approximate surface area is 149 Å². The number of hydrogen-bond acceptors (Lipinski definition) is 3. The fourth-order valence-electron chi connectivity index (χ4n) is 4.92. The zero-order valence-corrected chi connectivity index (χ0v) is 15.0. The number of fused-ring (bicyclic) bond motifs is 1. The maximum Gasteiger partial charge on any atom is 0.241 e. The van der Waals surface area contributed by atoms with E-state index in [4.69, 9.17) is 0 Å². The van der Waals surface area contributed by atoms with Crippen LogP contribution in [0.2, 0.25) is 0 Å². The van der Waals surface area contributed by atoms with Gasteiger partial charge in [-0.3, -0.25) is 14.5 Å². The lowest BCUT2D eigenvalue weighted by Gasteiger charge is -2.35. The molecule has 0 N–H and O–H groups in total. The number of carbonyl (C=O) groups excluding carboxylic acids is 2. The minimum absolute atomic E-state index is 0.175. The SMILES string of the molecule is CC(=O)N1CCC[C@H]1[C@H]1CCCN1CC(=O)N1CCc2ccccc21. The number of benzene rings is 1. The molecule has 3 aliphatic heterocycles. The van der Waals surface area contributed by atoms with Crippen molar-refractivity contribution < 1.29 is 9.59 Å². The van der Waals surface area contributed by atoms with Gasteiger partial charge in [-0.2, -0.15) is 0 Å². The van der Waals surface area contributed by atoms with Crippen LogP contribution in [0.25, 0.3) is 0 Å². The van der Waals surface area contributed by atoms with E-state index in [0.29, 0.717) is 18.6 Å². The fraction of sp³-hybridized carbons (Fsp3) is 0.600. The molecular weight excluding hydrogens is 314 g/mol. The summed E-state index contributed by atoms with van der Waals surface area (Å²) in [5.41, 5.74) is 2.35. The first kappa shape index (κ1) is 16.6. The zero-order chi connectivity index (χ0) is 17.4. The van der Waals surface area contributed by atoms with Gasteiger partial charge in [0, 0.05) is 37.8 Å². The van der Waals surface area contributed by atoms with Gasteiger partial charge in [0.1, 0.15) is 0 Å². The first-order chi connectivity index (χ1) is 12.1. The number of rotatable bonds is 3. The summed E-state index contributed by atoms with van der Waals surface area (Å²) in [4.78, 5) is 31.2. The molecule has 2 amide bonds. The van der Waals surface area contributed by atoms with Crippen molar-refractivity contribution in [1.82, 2.24) is 9.80 Å². The second kappa shape index (κ2) is 6.79. The van der Waals surface area contributed by atoms with Crippen LogP contribution in [0.4, 0.5) is 5.69 Å². The van der Waals surface area contributed by atoms with Crippen molar-refractivity contribution in [2.45, 2.75) is 51.1 Å². The molecule has 134 valence electrons. The highest BCUT2D eigenvalue weighted by Gasteiger charge is 2.40. The van der Waals surface area contributed by atoms with Crippen LogP contribution < -0.4 is 4.90 Å². The minimum atomic E-state index is 0.175. The molecule has 5 heteroatoms. The van der Waals surface area contributed by atoms with E-state index in [0.717, 1.165) is 57.4 Å². The topological polar surface area (TPSA) is 43.9 Å². The smallest absolute Gasteiger partial charge is 0.241 e. The normalized spacial score (nSPS) is 26.3. The summed E-state index contributed by atoms with van der Waals surface area (Å²) in [5.74, 6) is 0.373. The lowest BCUT2D eigenvalue weighted by Crippen LogP contribution is -2.50. The predicted molar refractivity (Wildman–Crippen MR) is 97.5 cm³/mol. The molecule has 3 heterocycles. The van der Waals surface area contributed by atoms with E-state index in [1.165, 1.54) is 5.56 Å². The molecule has 0 unspecified atom stereocenters. The highest BCUT2D eigenvalue weighted by molar-refractivity contribution is 5.96. The van der Waals surface area contributed by atoms with Crippen LogP contribution in [-0.2, 0) is 16.0 Å². The van der Waals surface area contributed by atoms with Gasteiger partial charge >= 0.3 is 0 Å². The summed E-state index contributed by atoms with van der Waals surface area (Å²) in [6.07, 6.45) is 5.32. The lowest BCUT2D eigenvalue weighted by molar-refractivity contribution is -0.130. The van der Waals surface area contributed by atoms with Gasteiger partial charge in [0.15, 0.2) is 0 Å². The number of hydrogen-bond donors (Lipinski definition) is 0. The predicted octanol–water partition coefficient (Wildman–Crippen LogP) is 2.05. The van der Waals surface area contributed by atoms with Crippen molar-refractivity contribution in [3.05, 3.63) is 29.8 Å². The van der Waals surface area contributed by atoms with Crippen molar-refractivity contribution in [2.75, 3.05) is 31.1 Å². The van der Waals surface area contributed by atoms with Gasteiger partial charge in [-0.1, -0.05) is 18.2 Å². The highest BCUT2D eigenvalue weighted by atomic mass is 16.2. The molecule has 25 heavy (non-hydrogen) atoms. The average Bonchev–Trinajstić information content (AvgIpc) is 3.33. The third kappa shape index (κ3) is 3.06. The molecule has 2 saturated heterocycles. The zero-order valence-electron chi connectivity index (χ0n) is 15.0. The fourth-order valence-corrected chi connectivity index (χ4v) is 4.92. The summed E-state index contributed by atoms with van der Waals surface area (Å²) in [6, 6.07) is 8.85. The van der Waals surface area contributed by atoms with Gasteiger partial charge in [0.05, 0.1) is 6.54 Å². The Hall–Kier alpha value is -1.88. The first-order valence-electron chi connectivity index (χ1n) is 9.54. The Morgan fingerprint density at radius 1 is 1.04 bits per heavy atom. The van der Waals surface area contributed by atoms with Crippen molar-refractivity contribution in [3.8, 4) is 0 Å². The van der Waals surface area contributed by atoms with Crippen LogP contribution in [0, 0.1) is 0 Å². The highest BCUT2D eigenvalue weighted by Crippen LogP contribution is 2.31. The van der Waals surface area contributed by atoms with Crippen molar-refractivity contribution >= 4 is 17.5 Å². The summed E-state index contributed by atoms with van der Waals surface area (Å²) < 4.78 is 0. The Bertz CT molecular complexity index is 675. The number of para-hydroxylation sites is 1. The van der Waals surface area contributed by atoms with Crippen LogP contribution >= 0.6 is 0 Å². The molecule has 4 rings (SSSR count). The van der Waals surface area contributed by atoms with E-state index in [-0.39, 0.29) is 11.8 Å². The van der Waals surface area contributed by atoms with Crippen LogP contribution in [0.1, 0.15) is 38.2 Å². The molecule has 0 saturated carbocycles. The Balaban J connectivity index is 1.45. The number of nitrogens with zero attached hydrogens (tertiary/aromatic N) is 3. The number of likely N-dealkylation sites (tertiary alicyclic amines) is 2. The maximum atomic E-state index is 12.9. The molecule has 1 aromatic carbocycles. The molecule has 0 aliphatic carbocycles. The molecular formula is C20H27N3O2. The largest absolute Gasteiger partial charge is 0.338 e. The summed E-state index contributed by atoms with van der Waals surface area (Å²) in [5, 5.41) is 0. The van der Waals surface area contributed by atoms with E-state index in [2.05, 4.69) is 17.0 Å². The van der Waals surface area contributed by atoms with E-state index in [1.54, 1.807) is 6.92 Å². The molecule has 0 spiro atoms. The van der Waals surface area contributed by atoms with E-state index >= 15 is 0 Å². The minimum Gasteiger partial charge on any atom is -0.338 e. The van der Waals surface area contributed by atoms with Gasteiger partial charge in [0.2, 0.25) is 11.8 Å². The third-order valence-corrected chi connectivity index (χ3v) is 6.09. The van der Waals surface area contributed by atoms with E-state index < -0.39 is 0 Å². The van der Waals surface area contributed by atoms with Crippen molar-refractivity contribution in [3.63, 3.8) is 0 Å². The van der Waals surface area contributed by atoms with Gasteiger partial charge < -0.3 is 9.80 Å². The average molecular weight is 341 g/mol. The summed E-state index contributed by atoms with van der Waals surface area (Å²) in [7, 11) is 0. The molecule has 3 aliphatic rings. The molecule has 1 aromatic rings. The summed E-state index contributed by atoms with van der Waals surface area (Å²) in [6.45, 7) is 4.77. The van der Waals surface area contributed by atoms with Crippen LogP contribution in [0.5, 0.6) is 0 Å². The van der Waals surface area contributed by atoms with E-state index in [1.807, 2.05) is 21.9 Å². The van der Waals surface area contributed by atoms with Gasteiger partial charge in [0.25, 0.3) is 0 Å². The first-order valence-corrected chi connectivity index (χ1v) is 9.54. The Kier molecular flexibility index (Phi) is 4.50. The number of carbonyl (C=O) groups is 2. The van der Waals surface area contributed by atoms with E-state index in [9.17, 15) is 9.59 Å². The van der Waals surface area contributed by atoms with Crippen LogP contribution in [0.3, 0.4) is 0 Å². The lowest BCUT2D eigenvalue weighted by atomic mass is 10.0.